The van der Waals surface area contributed by atoms with Crippen LogP contribution in [0.4, 0.5) is 8.78 Å². The summed E-state index contributed by atoms with van der Waals surface area (Å²) in [5.74, 6) is -0.629. The first-order chi connectivity index (χ1) is 7.56. The fourth-order valence-electron chi connectivity index (χ4n) is 1.19. The molecule has 1 aromatic heterocycles. The normalized spacial score (nSPS) is 10.5. The highest BCUT2D eigenvalue weighted by Gasteiger charge is 2.14. The molecule has 0 saturated carbocycles. The molecule has 4 nitrogen and oxygen atoms in total. The molecule has 0 aromatic carbocycles. The molecular weight excluding hydrogens is 220 g/mol. The molecular formula is C10H11F2NO3. The Morgan fingerprint density at radius 2 is 2.25 bits per heavy atom. The Kier molecular flexibility index (Phi) is 4.16. The summed E-state index contributed by atoms with van der Waals surface area (Å²) in [4.78, 5) is 22.5. The van der Waals surface area contributed by atoms with E-state index in [1.54, 1.807) is 6.92 Å². The van der Waals surface area contributed by atoms with Crippen LogP contribution in [0.25, 0.3) is 0 Å². The fraction of sp³-hybridized carbons (Fsp3) is 0.400. The summed E-state index contributed by atoms with van der Waals surface area (Å²) in [6.45, 7) is 1.45. The van der Waals surface area contributed by atoms with Crippen molar-refractivity contribution in [2.24, 2.45) is 0 Å². The predicted molar refractivity (Wildman–Crippen MR) is 52.3 cm³/mol. The van der Waals surface area contributed by atoms with E-state index < -0.39 is 23.5 Å². The molecule has 1 heterocycles. The van der Waals surface area contributed by atoms with Crippen LogP contribution < -0.4 is 5.56 Å². The van der Waals surface area contributed by atoms with E-state index in [0.29, 0.717) is 0 Å². The molecule has 0 amide bonds. The van der Waals surface area contributed by atoms with E-state index >= 15 is 0 Å². The Labute approximate surface area is 90.5 Å². The van der Waals surface area contributed by atoms with Gasteiger partial charge in [0.15, 0.2) is 0 Å². The number of halogens is 2. The second kappa shape index (κ2) is 5.39. The maximum atomic E-state index is 12.4. The highest BCUT2D eigenvalue weighted by atomic mass is 19.3. The molecule has 1 aromatic rings. The van der Waals surface area contributed by atoms with Gasteiger partial charge in [-0.1, -0.05) is 0 Å². The molecule has 0 aliphatic rings. The van der Waals surface area contributed by atoms with Crippen molar-refractivity contribution >= 4 is 5.97 Å². The van der Waals surface area contributed by atoms with Crippen molar-refractivity contribution < 1.29 is 18.3 Å². The smallest absolute Gasteiger partial charge is 0.326 e. The van der Waals surface area contributed by atoms with Gasteiger partial charge in [0.05, 0.1) is 12.2 Å². The third-order valence-electron chi connectivity index (χ3n) is 1.89. The lowest BCUT2D eigenvalue weighted by atomic mass is 10.3. The number of rotatable bonds is 4. The number of hydrogen-bond acceptors (Lipinski definition) is 3. The number of nitrogens with zero attached hydrogens (tertiary/aromatic N) is 1. The standard InChI is InChI=1S/C10H11F2NO3/c1-2-16-8(14)6-13-5-3-4-7(9(11)12)10(13)15/h3-5,9H,2,6H2,1H3. The van der Waals surface area contributed by atoms with E-state index in [4.69, 9.17) is 0 Å². The Morgan fingerprint density at radius 1 is 1.56 bits per heavy atom. The highest BCUT2D eigenvalue weighted by Crippen LogP contribution is 2.13. The van der Waals surface area contributed by atoms with Crippen LogP contribution >= 0.6 is 0 Å². The second-order valence-electron chi connectivity index (χ2n) is 3.00. The van der Waals surface area contributed by atoms with Gasteiger partial charge in [-0.25, -0.2) is 8.78 Å². The second-order valence-corrected chi connectivity index (χ2v) is 3.00. The monoisotopic (exact) mass is 231 g/mol. The van der Waals surface area contributed by atoms with E-state index in [1.807, 2.05) is 0 Å². The van der Waals surface area contributed by atoms with Crippen LogP contribution in [0.1, 0.15) is 18.9 Å². The van der Waals surface area contributed by atoms with Crippen LogP contribution in [0, 0.1) is 0 Å². The van der Waals surface area contributed by atoms with Crippen LogP contribution in [0.5, 0.6) is 0 Å². The number of pyridine rings is 1. The Morgan fingerprint density at radius 3 is 2.81 bits per heavy atom. The summed E-state index contributed by atoms with van der Waals surface area (Å²) < 4.78 is 30.2. The van der Waals surface area contributed by atoms with Crippen molar-refractivity contribution in [1.29, 1.82) is 0 Å². The number of carbonyl (C=O) groups excluding carboxylic acids is 1. The van der Waals surface area contributed by atoms with Crippen molar-refractivity contribution in [1.82, 2.24) is 4.57 Å². The lowest BCUT2D eigenvalue weighted by Crippen LogP contribution is -2.27. The maximum Gasteiger partial charge on any atom is 0.326 e. The quantitative estimate of drug-likeness (QED) is 0.735. The molecule has 0 N–H and O–H groups in total. The van der Waals surface area contributed by atoms with E-state index in [0.717, 1.165) is 10.6 Å². The SMILES string of the molecule is CCOC(=O)Cn1cccc(C(F)F)c1=O. The minimum atomic E-state index is -2.85. The lowest BCUT2D eigenvalue weighted by molar-refractivity contribution is -0.143. The first-order valence-electron chi connectivity index (χ1n) is 4.69. The van der Waals surface area contributed by atoms with Gasteiger partial charge in [0.1, 0.15) is 6.54 Å². The molecule has 16 heavy (non-hydrogen) atoms. The van der Waals surface area contributed by atoms with Gasteiger partial charge >= 0.3 is 5.97 Å². The van der Waals surface area contributed by atoms with Crippen molar-refractivity contribution in [3.63, 3.8) is 0 Å². The minimum Gasteiger partial charge on any atom is -0.465 e. The molecule has 0 aliphatic carbocycles. The summed E-state index contributed by atoms with van der Waals surface area (Å²) in [5.41, 5.74) is -1.49. The highest BCUT2D eigenvalue weighted by molar-refractivity contribution is 5.69. The number of alkyl halides is 2. The van der Waals surface area contributed by atoms with Crippen LogP contribution in [0.15, 0.2) is 23.1 Å². The summed E-state index contributed by atoms with van der Waals surface area (Å²) in [6.07, 6.45) is -1.58. The van der Waals surface area contributed by atoms with Gasteiger partial charge in [-0.05, 0) is 19.1 Å². The van der Waals surface area contributed by atoms with Gasteiger partial charge in [0.2, 0.25) is 0 Å². The van der Waals surface area contributed by atoms with Crippen molar-refractivity contribution in [2.45, 2.75) is 19.9 Å². The fourth-order valence-corrected chi connectivity index (χ4v) is 1.19. The Bertz CT molecular complexity index is 428. The topological polar surface area (TPSA) is 48.3 Å². The zero-order valence-electron chi connectivity index (χ0n) is 8.65. The third-order valence-corrected chi connectivity index (χ3v) is 1.89. The average Bonchev–Trinajstić information content (AvgIpc) is 2.21. The third kappa shape index (κ3) is 2.88. The van der Waals surface area contributed by atoms with Gasteiger partial charge in [-0.3, -0.25) is 9.59 Å². The van der Waals surface area contributed by atoms with E-state index in [2.05, 4.69) is 4.74 Å². The number of esters is 1. The first-order valence-corrected chi connectivity index (χ1v) is 4.69. The number of aromatic nitrogens is 1. The van der Waals surface area contributed by atoms with E-state index in [-0.39, 0.29) is 13.2 Å². The first kappa shape index (κ1) is 12.4. The van der Waals surface area contributed by atoms with E-state index in [1.165, 1.54) is 12.3 Å². The molecule has 6 heteroatoms. The van der Waals surface area contributed by atoms with Crippen molar-refractivity contribution in [3.05, 3.63) is 34.2 Å². The van der Waals surface area contributed by atoms with Gasteiger partial charge in [0, 0.05) is 6.20 Å². The van der Waals surface area contributed by atoms with Gasteiger partial charge < -0.3 is 9.30 Å². The summed E-state index contributed by atoms with van der Waals surface area (Å²) in [6, 6.07) is 2.33. The van der Waals surface area contributed by atoms with Crippen LogP contribution in [0.2, 0.25) is 0 Å². The Balaban J connectivity index is 2.94. The van der Waals surface area contributed by atoms with Gasteiger partial charge in [0.25, 0.3) is 12.0 Å². The van der Waals surface area contributed by atoms with E-state index in [9.17, 15) is 18.4 Å². The largest absolute Gasteiger partial charge is 0.465 e. The molecule has 1 rings (SSSR count). The van der Waals surface area contributed by atoms with Crippen LogP contribution in [-0.2, 0) is 16.1 Å². The van der Waals surface area contributed by atoms with Gasteiger partial charge in [-0.2, -0.15) is 0 Å². The molecule has 0 radical (unpaired) electrons. The maximum absolute atomic E-state index is 12.4. The zero-order valence-corrected chi connectivity index (χ0v) is 8.65. The number of hydrogen-bond donors (Lipinski definition) is 0. The van der Waals surface area contributed by atoms with Crippen molar-refractivity contribution in [2.75, 3.05) is 6.61 Å². The minimum absolute atomic E-state index is 0.183. The average molecular weight is 231 g/mol. The predicted octanol–water partition coefficient (Wildman–Crippen LogP) is 1.35. The summed E-state index contributed by atoms with van der Waals surface area (Å²) >= 11 is 0. The summed E-state index contributed by atoms with van der Waals surface area (Å²) in [5, 5.41) is 0. The van der Waals surface area contributed by atoms with Gasteiger partial charge in [-0.15, -0.1) is 0 Å². The molecule has 0 bridgehead atoms. The molecule has 0 spiro atoms. The van der Waals surface area contributed by atoms with Crippen LogP contribution in [-0.4, -0.2) is 17.1 Å². The molecule has 88 valence electrons. The Hall–Kier alpha value is -1.72. The number of carbonyl (C=O) groups is 1. The van der Waals surface area contributed by atoms with Crippen LogP contribution in [0.3, 0.4) is 0 Å². The number of ether oxygens (including phenoxy) is 1. The molecule has 0 fully saturated rings. The molecule has 0 atom stereocenters. The molecule has 0 aliphatic heterocycles. The lowest BCUT2D eigenvalue weighted by Gasteiger charge is -2.06. The zero-order chi connectivity index (χ0) is 12.1. The molecule has 0 saturated heterocycles. The van der Waals surface area contributed by atoms with Crippen molar-refractivity contribution in [3.8, 4) is 0 Å². The molecule has 0 unspecified atom stereocenters. The summed E-state index contributed by atoms with van der Waals surface area (Å²) in [7, 11) is 0.